The number of hydrogen-bond donors (Lipinski definition) is 2. The van der Waals surface area contributed by atoms with Crippen molar-refractivity contribution in [2.24, 2.45) is 0 Å². The summed E-state index contributed by atoms with van der Waals surface area (Å²) in [6, 6.07) is 19.2. The summed E-state index contributed by atoms with van der Waals surface area (Å²) in [5, 5.41) is 18.6. The van der Waals surface area contributed by atoms with E-state index in [9.17, 15) is 24.6 Å². The number of ketones is 1. The lowest BCUT2D eigenvalue weighted by molar-refractivity contribution is 0.0692. The molecule has 3 aromatic rings. The van der Waals surface area contributed by atoms with Crippen molar-refractivity contribution in [1.29, 1.82) is 0 Å². The monoisotopic (exact) mass is 388 g/mol. The molecule has 0 aromatic heterocycles. The SMILES string of the molecule is O=C(/C=C/c1ccc(Oc2c(C(=O)O)cccc2C(=O)O)cc1)c1ccccc1. The molecule has 0 heterocycles. The summed E-state index contributed by atoms with van der Waals surface area (Å²) >= 11 is 0. The highest BCUT2D eigenvalue weighted by Crippen LogP contribution is 2.30. The molecule has 144 valence electrons. The summed E-state index contributed by atoms with van der Waals surface area (Å²) in [5.74, 6) is -2.68. The van der Waals surface area contributed by atoms with Gasteiger partial charge in [-0.3, -0.25) is 4.79 Å². The van der Waals surface area contributed by atoms with Gasteiger partial charge in [0.2, 0.25) is 0 Å². The maximum absolute atomic E-state index is 12.1. The minimum atomic E-state index is -1.29. The number of carbonyl (C=O) groups excluding carboxylic acids is 1. The third kappa shape index (κ3) is 4.75. The summed E-state index contributed by atoms with van der Waals surface area (Å²) in [4.78, 5) is 34.9. The van der Waals surface area contributed by atoms with Crippen molar-refractivity contribution in [2.45, 2.75) is 0 Å². The van der Waals surface area contributed by atoms with E-state index in [1.165, 1.54) is 24.3 Å². The van der Waals surface area contributed by atoms with E-state index in [2.05, 4.69) is 0 Å². The van der Waals surface area contributed by atoms with E-state index in [4.69, 9.17) is 4.74 Å². The molecule has 0 saturated heterocycles. The van der Waals surface area contributed by atoms with E-state index in [1.54, 1.807) is 54.6 Å². The average molecular weight is 388 g/mol. The van der Waals surface area contributed by atoms with E-state index >= 15 is 0 Å². The minimum absolute atomic E-state index is 0.132. The molecule has 2 N–H and O–H groups in total. The Morgan fingerprint density at radius 2 is 1.31 bits per heavy atom. The highest BCUT2D eigenvalue weighted by Gasteiger charge is 2.20. The molecule has 6 heteroatoms. The number of rotatable bonds is 7. The largest absolute Gasteiger partial charge is 0.478 e. The molecule has 6 nitrogen and oxygen atoms in total. The van der Waals surface area contributed by atoms with Gasteiger partial charge in [-0.25, -0.2) is 9.59 Å². The molecular weight excluding hydrogens is 372 g/mol. The van der Waals surface area contributed by atoms with Crippen molar-refractivity contribution < 1.29 is 29.3 Å². The average Bonchev–Trinajstić information content (AvgIpc) is 2.73. The third-order valence-electron chi connectivity index (χ3n) is 4.06. The first-order chi connectivity index (χ1) is 14.0. The molecule has 0 spiro atoms. The maximum atomic E-state index is 12.1. The molecule has 0 bridgehead atoms. The maximum Gasteiger partial charge on any atom is 0.339 e. The predicted octanol–water partition coefficient (Wildman–Crippen LogP) is 4.77. The second-order valence-corrected chi connectivity index (χ2v) is 6.03. The Labute approximate surface area is 166 Å². The molecule has 0 fully saturated rings. The van der Waals surface area contributed by atoms with E-state index in [-0.39, 0.29) is 28.4 Å². The van der Waals surface area contributed by atoms with Crippen LogP contribution in [0.15, 0.2) is 78.9 Å². The number of carbonyl (C=O) groups is 3. The number of hydrogen-bond acceptors (Lipinski definition) is 4. The highest BCUT2D eigenvalue weighted by atomic mass is 16.5. The van der Waals surface area contributed by atoms with E-state index in [0.29, 0.717) is 5.56 Å². The zero-order valence-corrected chi connectivity index (χ0v) is 15.1. The van der Waals surface area contributed by atoms with Gasteiger partial charge in [-0.1, -0.05) is 54.6 Å². The van der Waals surface area contributed by atoms with Gasteiger partial charge in [0, 0.05) is 5.56 Å². The van der Waals surface area contributed by atoms with Gasteiger partial charge >= 0.3 is 11.9 Å². The molecule has 0 atom stereocenters. The van der Waals surface area contributed by atoms with E-state index < -0.39 is 11.9 Å². The van der Waals surface area contributed by atoms with Crippen molar-refractivity contribution in [3.63, 3.8) is 0 Å². The number of carboxylic acids is 2. The fourth-order valence-corrected chi connectivity index (χ4v) is 2.62. The standard InChI is InChI=1S/C23H16O6/c24-20(16-5-2-1-3-6-16)14-11-15-9-12-17(13-10-15)29-21-18(22(25)26)7-4-8-19(21)23(27)28/h1-14H,(H,25,26)(H,27,28)/b14-11+. The van der Waals surface area contributed by atoms with Gasteiger partial charge in [-0.15, -0.1) is 0 Å². The molecule has 0 aliphatic heterocycles. The summed E-state index contributed by atoms with van der Waals surface area (Å²) in [7, 11) is 0. The second kappa shape index (κ2) is 8.67. The first-order valence-electron chi connectivity index (χ1n) is 8.60. The smallest absolute Gasteiger partial charge is 0.339 e. The number of benzene rings is 3. The molecule has 3 rings (SSSR count). The van der Waals surface area contributed by atoms with Crippen LogP contribution in [0.2, 0.25) is 0 Å². The Balaban J connectivity index is 1.80. The number of ether oxygens (including phenoxy) is 1. The van der Waals surface area contributed by atoms with Crippen LogP contribution in [0.4, 0.5) is 0 Å². The molecule has 29 heavy (non-hydrogen) atoms. The Kier molecular flexibility index (Phi) is 5.85. The van der Waals surface area contributed by atoms with Crippen LogP contribution in [-0.2, 0) is 0 Å². The van der Waals surface area contributed by atoms with Crippen LogP contribution in [0, 0.1) is 0 Å². The summed E-state index contributed by atoms with van der Waals surface area (Å²) in [6.07, 6.45) is 3.10. The van der Waals surface area contributed by atoms with Crippen LogP contribution in [0.5, 0.6) is 11.5 Å². The summed E-state index contributed by atoms with van der Waals surface area (Å²) < 4.78 is 5.56. The van der Waals surface area contributed by atoms with Crippen molar-refractivity contribution in [3.8, 4) is 11.5 Å². The van der Waals surface area contributed by atoms with Gasteiger partial charge in [0.25, 0.3) is 0 Å². The van der Waals surface area contributed by atoms with Gasteiger partial charge < -0.3 is 14.9 Å². The summed E-state index contributed by atoms with van der Waals surface area (Å²) in [6.45, 7) is 0. The third-order valence-corrected chi connectivity index (χ3v) is 4.06. The van der Waals surface area contributed by atoms with Crippen molar-refractivity contribution in [2.75, 3.05) is 0 Å². The lowest BCUT2D eigenvalue weighted by Gasteiger charge is -2.11. The summed E-state index contributed by atoms with van der Waals surface area (Å²) in [5.41, 5.74) is 0.812. The molecule has 0 unspecified atom stereocenters. The normalized spacial score (nSPS) is 10.6. The van der Waals surface area contributed by atoms with E-state index in [0.717, 1.165) is 5.56 Å². The lowest BCUT2D eigenvalue weighted by Crippen LogP contribution is -2.06. The first-order valence-corrected chi connectivity index (χ1v) is 8.60. The van der Waals surface area contributed by atoms with Crippen LogP contribution in [0.1, 0.15) is 36.6 Å². The molecular formula is C23H16O6. The number of allylic oxidation sites excluding steroid dienone is 1. The van der Waals surface area contributed by atoms with Gasteiger partial charge in [-0.2, -0.15) is 0 Å². The fourth-order valence-electron chi connectivity index (χ4n) is 2.62. The van der Waals surface area contributed by atoms with Gasteiger partial charge in [0.1, 0.15) is 16.9 Å². The van der Waals surface area contributed by atoms with Crippen LogP contribution in [-0.4, -0.2) is 27.9 Å². The Morgan fingerprint density at radius 3 is 1.86 bits per heavy atom. The first kappa shape index (κ1) is 19.6. The highest BCUT2D eigenvalue weighted by molar-refractivity contribution is 6.06. The van der Waals surface area contributed by atoms with Gasteiger partial charge in [-0.05, 0) is 35.9 Å². The van der Waals surface area contributed by atoms with Crippen LogP contribution >= 0.6 is 0 Å². The predicted molar refractivity (Wildman–Crippen MR) is 107 cm³/mol. The Hall–Kier alpha value is -4.19. The fraction of sp³-hybridized carbons (Fsp3) is 0. The molecule has 0 amide bonds. The Morgan fingerprint density at radius 1 is 0.724 bits per heavy atom. The van der Waals surface area contributed by atoms with Crippen molar-refractivity contribution in [3.05, 3.63) is 101 Å². The van der Waals surface area contributed by atoms with Gasteiger partial charge in [0.15, 0.2) is 11.5 Å². The topological polar surface area (TPSA) is 101 Å². The van der Waals surface area contributed by atoms with Gasteiger partial charge in [0.05, 0.1) is 0 Å². The minimum Gasteiger partial charge on any atom is -0.478 e. The molecule has 0 aliphatic rings. The van der Waals surface area contributed by atoms with Crippen LogP contribution in [0.3, 0.4) is 0 Å². The zero-order valence-electron chi connectivity index (χ0n) is 15.1. The van der Waals surface area contributed by atoms with Crippen LogP contribution < -0.4 is 4.74 Å². The Bertz CT molecular complexity index is 1050. The van der Waals surface area contributed by atoms with E-state index in [1.807, 2.05) is 6.07 Å². The molecule has 3 aromatic carbocycles. The number of para-hydroxylation sites is 1. The molecule has 0 radical (unpaired) electrons. The zero-order chi connectivity index (χ0) is 20.8. The molecule has 0 saturated carbocycles. The number of aromatic carboxylic acids is 2. The van der Waals surface area contributed by atoms with Crippen LogP contribution in [0.25, 0.3) is 6.08 Å². The quantitative estimate of drug-likeness (QED) is 0.447. The molecule has 0 aliphatic carbocycles. The second-order valence-electron chi connectivity index (χ2n) is 6.03. The van der Waals surface area contributed by atoms with Crippen molar-refractivity contribution >= 4 is 23.8 Å². The number of carboxylic acid groups (broad SMARTS) is 2. The lowest BCUT2D eigenvalue weighted by atomic mass is 10.1. The van der Waals surface area contributed by atoms with Crippen molar-refractivity contribution in [1.82, 2.24) is 0 Å².